The van der Waals surface area contributed by atoms with E-state index in [0.29, 0.717) is 17.8 Å². The van der Waals surface area contributed by atoms with E-state index in [1.165, 1.54) is 11.3 Å². The van der Waals surface area contributed by atoms with Crippen molar-refractivity contribution in [2.75, 3.05) is 5.32 Å². The van der Waals surface area contributed by atoms with Gasteiger partial charge in [0.05, 0.1) is 18.7 Å². The summed E-state index contributed by atoms with van der Waals surface area (Å²) in [5.74, 6) is -0.633. The fraction of sp³-hybridized carbons (Fsp3) is 0.111. The van der Waals surface area contributed by atoms with Crippen LogP contribution in [0.3, 0.4) is 0 Å². The van der Waals surface area contributed by atoms with Gasteiger partial charge in [-0.25, -0.2) is 9.83 Å². The maximum absolute atomic E-state index is 12.2. The molecule has 3 rings (SSSR count). The number of benzene rings is 1. The number of H-pyrrole nitrogens is 1. The number of anilines is 1. The molecule has 0 saturated heterocycles. The van der Waals surface area contributed by atoms with E-state index >= 15 is 0 Å². The summed E-state index contributed by atoms with van der Waals surface area (Å²) in [5.41, 5.74) is 1.36. The topological polar surface area (TPSA) is 99.4 Å². The van der Waals surface area contributed by atoms with Crippen LogP contribution in [0.4, 0.5) is 11.6 Å². The molecular weight excluding hydrogens is 352 g/mol. The molecule has 2 aromatic heterocycles. The first-order valence-electron chi connectivity index (χ1n) is 7.66. The second-order valence-corrected chi connectivity index (χ2v) is 6.39. The Morgan fingerprint density at radius 1 is 1.31 bits per heavy atom. The number of nitrogens with zero attached hydrogens (tertiary/aromatic N) is 2. The van der Waals surface area contributed by atoms with Crippen molar-refractivity contribution < 1.29 is 9.90 Å². The molecular formula is C18H14N4O3S. The average Bonchev–Trinajstić information content (AvgIpc) is 3.14. The first kappa shape index (κ1) is 17.4. The molecule has 3 N–H and O–H groups in total. The zero-order valence-electron chi connectivity index (χ0n) is 13.5. The monoisotopic (exact) mass is 366 g/mol. The van der Waals surface area contributed by atoms with Gasteiger partial charge in [0.25, 0.3) is 11.2 Å². The number of carbonyl (C=O) groups is 1. The van der Waals surface area contributed by atoms with Gasteiger partial charge in [-0.1, -0.05) is 30.3 Å². The van der Waals surface area contributed by atoms with Crippen molar-refractivity contribution in [2.45, 2.75) is 13.0 Å². The molecule has 3 aromatic rings. The van der Waals surface area contributed by atoms with Crippen LogP contribution in [0, 0.1) is 6.57 Å². The number of carboxylic acid groups (broad SMARTS) is 1. The normalized spacial score (nSPS) is 10.3. The van der Waals surface area contributed by atoms with Gasteiger partial charge in [-0.2, -0.15) is 0 Å². The van der Waals surface area contributed by atoms with Crippen molar-refractivity contribution in [2.24, 2.45) is 0 Å². The van der Waals surface area contributed by atoms with Crippen LogP contribution in [0.1, 0.15) is 11.1 Å². The summed E-state index contributed by atoms with van der Waals surface area (Å²) >= 11 is 1.40. The predicted octanol–water partition coefficient (Wildman–Crippen LogP) is 3.29. The molecule has 0 aliphatic carbocycles. The molecule has 0 bridgehead atoms. The molecule has 0 fully saturated rings. The lowest BCUT2D eigenvalue weighted by molar-refractivity contribution is -0.136. The van der Waals surface area contributed by atoms with Gasteiger partial charge in [0.15, 0.2) is 0 Å². The van der Waals surface area contributed by atoms with E-state index in [1.54, 1.807) is 24.3 Å². The fourth-order valence-corrected chi connectivity index (χ4v) is 3.16. The molecule has 0 aliphatic rings. The van der Waals surface area contributed by atoms with E-state index in [-0.39, 0.29) is 18.1 Å². The summed E-state index contributed by atoms with van der Waals surface area (Å²) in [6.45, 7) is 7.57. The number of hydrogen-bond acceptors (Lipinski definition) is 5. The van der Waals surface area contributed by atoms with E-state index in [2.05, 4.69) is 20.1 Å². The summed E-state index contributed by atoms with van der Waals surface area (Å²) in [4.78, 5) is 34.0. The number of aliphatic carboxylic acids is 1. The quantitative estimate of drug-likeness (QED) is 0.581. The van der Waals surface area contributed by atoms with Gasteiger partial charge in [0, 0.05) is 11.4 Å². The molecule has 0 spiro atoms. The number of hydrogen-bond donors (Lipinski definition) is 3. The molecule has 0 amide bonds. The van der Waals surface area contributed by atoms with Gasteiger partial charge >= 0.3 is 5.97 Å². The molecule has 0 atom stereocenters. The number of rotatable bonds is 6. The van der Waals surface area contributed by atoms with Gasteiger partial charge in [0.1, 0.15) is 0 Å². The highest BCUT2D eigenvalue weighted by atomic mass is 32.1. The van der Waals surface area contributed by atoms with E-state index in [0.717, 1.165) is 10.4 Å². The van der Waals surface area contributed by atoms with Crippen LogP contribution in [-0.2, 0) is 17.8 Å². The van der Waals surface area contributed by atoms with Gasteiger partial charge in [0.2, 0.25) is 5.95 Å². The maximum Gasteiger partial charge on any atom is 0.307 e. The smallest absolute Gasteiger partial charge is 0.307 e. The lowest BCUT2D eigenvalue weighted by Crippen LogP contribution is -2.13. The molecule has 2 heterocycles. The van der Waals surface area contributed by atoms with Crippen molar-refractivity contribution in [1.82, 2.24) is 9.97 Å². The van der Waals surface area contributed by atoms with Crippen LogP contribution < -0.4 is 10.9 Å². The van der Waals surface area contributed by atoms with Crippen molar-refractivity contribution in [1.29, 1.82) is 0 Å². The number of nitrogens with one attached hydrogen (secondary N) is 2. The third kappa shape index (κ3) is 3.96. The Morgan fingerprint density at radius 2 is 2.12 bits per heavy atom. The summed E-state index contributed by atoms with van der Waals surface area (Å²) in [6, 6.07) is 10.8. The van der Waals surface area contributed by atoms with Crippen molar-refractivity contribution in [3.05, 3.63) is 74.7 Å². The highest BCUT2D eigenvalue weighted by Crippen LogP contribution is 2.29. The van der Waals surface area contributed by atoms with Crippen LogP contribution >= 0.6 is 11.3 Å². The minimum atomic E-state index is -0.892. The Bertz CT molecular complexity index is 1040. The molecule has 0 unspecified atom stereocenters. The number of carboxylic acids is 1. The number of aromatic nitrogens is 2. The molecule has 0 aliphatic heterocycles. The van der Waals surface area contributed by atoms with Gasteiger partial charge in [-0.05, 0) is 22.6 Å². The second-order valence-electron chi connectivity index (χ2n) is 5.44. The van der Waals surface area contributed by atoms with E-state index in [1.807, 2.05) is 17.5 Å². The van der Waals surface area contributed by atoms with Crippen LogP contribution in [-0.4, -0.2) is 21.0 Å². The average molecular weight is 366 g/mol. The zero-order valence-corrected chi connectivity index (χ0v) is 14.3. The largest absolute Gasteiger partial charge is 0.481 e. The third-order valence-electron chi connectivity index (χ3n) is 3.57. The van der Waals surface area contributed by atoms with Crippen molar-refractivity contribution in [3.63, 3.8) is 0 Å². The standard InChI is InChI=1S/C18H14N4O3S/c1-19-16-15(13-6-3-7-26-13)21-18(22-17(16)25)20-10-12-5-2-4-11(8-12)9-14(23)24/h2-8H,9-10H2,(H,23,24)(H2,20,21,22,25). The van der Waals surface area contributed by atoms with E-state index < -0.39 is 11.5 Å². The molecule has 130 valence electrons. The summed E-state index contributed by atoms with van der Waals surface area (Å²) in [5, 5.41) is 13.8. The third-order valence-corrected chi connectivity index (χ3v) is 4.44. The van der Waals surface area contributed by atoms with Crippen LogP contribution in [0.15, 0.2) is 46.6 Å². The Hall–Kier alpha value is -3.44. The van der Waals surface area contributed by atoms with Crippen LogP contribution in [0.2, 0.25) is 0 Å². The van der Waals surface area contributed by atoms with Crippen LogP contribution in [0.5, 0.6) is 0 Å². The van der Waals surface area contributed by atoms with E-state index in [4.69, 9.17) is 11.7 Å². The SMILES string of the molecule is [C-]#[N+]c1c(-c2cccs2)nc(NCc2cccc(CC(=O)O)c2)[nH]c1=O. The van der Waals surface area contributed by atoms with Gasteiger partial charge < -0.3 is 15.4 Å². The van der Waals surface area contributed by atoms with Crippen molar-refractivity contribution >= 4 is 28.9 Å². The minimum Gasteiger partial charge on any atom is -0.481 e. The van der Waals surface area contributed by atoms with Gasteiger partial charge in [-0.3, -0.25) is 9.59 Å². The lowest BCUT2D eigenvalue weighted by Gasteiger charge is -2.09. The Morgan fingerprint density at radius 3 is 2.81 bits per heavy atom. The Labute approximate surface area is 152 Å². The fourth-order valence-electron chi connectivity index (χ4n) is 2.45. The number of aromatic amines is 1. The first-order chi connectivity index (χ1) is 12.6. The number of thiophene rings is 1. The van der Waals surface area contributed by atoms with E-state index in [9.17, 15) is 9.59 Å². The summed E-state index contributed by atoms with van der Waals surface area (Å²) < 4.78 is 0. The molecule has 1 aromatic carbocycles. The first-order valence-corrected chi connectivity index (χ1v) is 8.54. The van der Waals surface area contributed by atoms with Gasteiger partial charge in [-0.15, -0.1) is 11.3 Å². The molecule has 8 heteroatoms. The second kappa shape index (κ2) is 7.63. The predicted molar refractivity (Wildman–Crippen MR) is 99.5 cm³/mol. The molecule has 0 saturated carbocycles. The molecule has 0 radical (unpaired) electrons. The molecule has 26 heavy (non-hydrogen) atoms. The highest BCUT2D eigenvalue weighted by Gasteiger charge is 2.14. The Kier molecular flexibility index (Phi) is 5.10. The van der Waals surface area contributed by atoms with Crippen molar-refractivity contribution in [3.8, 4) is 10.6 Å². The maximum atomic E-state index is 12.2. The summed E-state index contributed by atoms with van der Waals surface area (Å²) in [6.07, 6.45) is -0.0504. The highest BCUT2D eigenvalue weighted by molar-refractivity contribution is 7.13. The summed E-state index contributed by atoms with van der Waals surface area (Å²) in [7, 11) is 0. The minimum absolute atomic E-state index is 0.0403. The lowest BCUT2D eigenvalue weighted by atomic mass is 10.1. The molecule has 7 nitrogen and oxygen atoms in total. The zero-order chi connectivity index (χ0) is 18.5. The Balaban J connectivity index is 1.84. The van der Waals surface area contributed by atoms with Crippen LogP contribution in [0.25, 0.3) is 15.4 Å².